The molecule has 0 aromatic heterocycles. The van der Waals surface area contributed by atoms with E-state index in [1.165, 1.54) is 21.5 Å². The molecular weight excluding hydrogens is 460 g/mol. The Bertz CT molecular complexity index is 1170. The first-order chi connectivity index (χ1) is 16.7. The molecule has 1 amide bonds. The first kappa shape index (κ1) is 26.7. The zero-order chi connectivity index (χ0) is 25.4. The minimum Gasteiger partial charge on any atom is -0.482 e. The van der Waals surface area contributed by atoms with Gasteiger partial charge in [0.1, 0.15) is 5.75 Å². The van der Waals surface area contributed by atoms with Crippen LogP contribution in [0.4, 0.5) is 5.69 Å². The fraction of sp³-hybridized carbons (Fsp3) is 0.393. The van der Waals surface area contributed by atoms with Gasteiger partial charge < -0.3 is 10.1 Å². The van der Waals surface area contributed by atoms with Gasteiger partial charge in [0.2, 0.25) is 10.0 Å². The number of fused-ring (bicyclic) bond motifs is 1. The Labute approximate surface area is 209 Å². The number of hydrogen-bond acceptors (Lipinski definition) is 4. The lowest BCUT2D eigenvalue weighted by Crippen LogP contribution is -2.38. The molecule has 1 atom stereocenters. The van der Waals surface area contributed by atoms with Crippen molar-refractivity contribution in [3.05, 3.63) is 78.0 Å². The lowest BCUT2D eigenvalue weighted by Gasteiger charge is -2.32. The van der Waals surface area contributed by atoms with Crippen LogP contribution in [0.2, 0.25) is 0 Å². The molecule has 3 rings (SSSR count). The normalized spacial score (nSPS) is 19.8. The Morgan fingerprint density at radius 3 is 2.54 bits per heavy atom. The number of benzene rings is 1. The Morgan fingerprint density at radius 1 is 1.11 bits per heavy atom. The Morgan fingerprint density at radius 2 is 1.86 bits per heavy atom. The summed E-state index contributed by atoms with van der Waals surface area (Å²) in [4.78, 5) is 11.8. The summed E-state index contributed by atoms with van der Waals surface area (Å²) in [6.07, 6.45) is 18.5. The van der Waals surface area contributed by atoms with E-state index in [2.05, 4.69) is 67.8 Å². The highest BCUT2D eigenvalue weighted by molar-refractivity contribution is 7.89. The van der Waals surface area contributed by atoms with Crippen molar-refractivity contribution >= 4 is 21.6 Å². The van der Waals surface area contributed by atoms with Crippen LogP contribution in [0.1, 0.15) is 40.5 Å². The van der Waals surface area contributed by atoms with E-state index in [-0.39, 0.29) is 17.4 Å². The molecule has 0 aliphatic carbocycles. The SMILES string of the molecule is C/C=C(\C=C/C(C)/C=C/C=C\C(C)=C\C)C1CCN(S(=O)(=O)c2ccc3c(c2)NC(=O)CO3)CC1. The average molecular weight is 497 g/mol. The minimum atomic E-state index is -3.65. The number of nitrogens with one attached hydrogen (secondary N) is 1. The maximum Gasteiger partial charge on any atom is 0.262 e. The van der Waals surface area contributed by atoms with Crippen LogP contribution in [0.5, 0.6) is 5.75 Å². The van der Waals surface area contributed by atoms with Gasteiger partial charge in [-0.25, -0.2) is 8.42 Å². The number of nitrogens with zero attached hydrogens (tertiary/aromatic N) is 1. The molecule has 1 unspecified atom stereocenters. The fourth-order valence-corrected chi connectivity index (χ4v) is 5.64. The van der Waals surface area contributed by atoms with Gasteiger partial charge in [-0.05, 0) is 69.2 Å². The zero-order valence-electron chi connectivity index (χ0n) is 21.0. The van der Waals surface area contributed by atoms with Crippen molar-refractivity contribution < 1.29 is 17.9 Å². The van der Waals surface area contributed by atoms with E-state index < -0.39 is 10.0 Å². The fourth-order valence-electron chi connectivity index (χ4n) is 4.14. The van der Waals surface area contributed by atoms with Crippen LogP contribution in [0.15, 0.2) is 82.8 Å². The van der Waals surface area contributed by atoms with Gasteiger partial charge >= 0.3 is 0 Å². The first-order valence-electron chi connectivity index (χ1n) is 12.1. The number of sulfonamides is 1. The Balaban J connectivity index is 1.59. The van der Waals surface area contributed by atoms with E-state index in [1.54, 1.807) is 12.1 Å². The summed E-state index contributed by atoms with van der Waals surface area (Å²) < 4.78 is 33.3. The summed E-state index contributed by atoms with van der Waals surface area (Å²) in [5.41, 5.74) is 2.88. The van der Waals surface area contributed by atoms with E-state index in [0.29, 0.717) is 36.4 Å². The molecule has 1 fully saturated rings. The molecule has 6 nitrogen and oxygen atoms in total. The van der Waals surface area contributed by atoms with Crippen molar-refractivity contribution in [1.82, 2.24) is 4.31 Å². The van der Waals surface area contributed by atoms with E-state index in [4.69, 9.17) is 4.74 Å². The van der Waals surface area contributed by atoms with Gasteiger partial charge in [-0.2, -0.15) is 4.31 Å². The molecule has 0 radical (unpaired) electrons. The van der Waals surface area contributed by atoms with Gasteiger partial charge in [0.25, 0.3) is 5.91 Å². The molecule has 2 aliphatic rings. The van der Waals surface area contributed by atoms with Gasteiger partial charge in [0, 0.05) is 13.1 Å². The van der Waals surface area contributed by atoms with Crippen LogP contribution in [0, 0.1) is 11.8 Å². The molecule has 0 bridgehead atoms. The highest BCUT2D eigenvalue weighted by atomic mass is 32.2. The summed E-state index contributed by atoms with van der Waals surface area (Å²) in [6.45, 7) is 9.15. The maximum absolute atomic E-state index is 13.2. The van der Waals surface area contributed by atoms with Crippen LogP contribution in [-0.2, 0) is 14.8 Å². The average Bonchev–Trinajstić information content (AvgIpc) is 2.86. The van der Waals surface area contributed by atoms with Crippen molar-refractivity contribution in [2.45, 2.75) is 45.4 Å². The highest BCUT2D eigenvalue weighted by Gasteiger charge is 2.31. The number of ether oxygens (including phenoxy) is 1. The lowest BCUT2D eigenvalue weighted by atomic mass is 9.89. The number of amides is 1. The number of rotatable bonds is 8. The Kier molecular flexibility index (Phi) is 9.29. The van der Waals surface area contributed by atoms with Gasteiger partial charge in [-0.3, -0.25) is 4.79 Å². The molecule has 0 spiro atoms. The topological polar surface area (TPSA) is 75.7 Å². The van der Waals surface area contributed by atoms with Crippen LogP contribution in [0.3, 0.4) is 0 Å². The van der Waals surface area contributed by atoms with Gasteiger partial charge in [-0.1, -0.05) is 61.1 Å². The highest BCUT2D eigenvalue weighted by Crippen LogP contribution is 2.33. The van der Waals surface area contributed by atoms with E-state index in [1.807, 2.05) is 13.8 Å². The first-order valence-corrected chi connectivity index (χ1v) is 13.6. The summed E-state index contributed by atoms with van der Waals surface area (Å²) in [6, 6.07) is 4.63. The molecule has 1 saturated heterocycles. The van der Waals surface area contributed by atoms with E-state index in [0.717, 1.165) is 12.8 Å². The molecule has 7 heteroatoms. The third kappa shape index (κ3) is 7.05. The summed E-state index contributed by atoms with van der Waals surface area (Å²) >= 11 is 0. The van der Waals surface area contributed by atoms with Crippen molar-refractivity contribution in [2.24, 2.45) is 11.8 Å². The third-order valence-electron chi connectivity index (χ3n) is 6.41. The number of carbonyl (C=O) groups excluding carboxylic acids is 1. The monoisotopic (exact) mass is 496 g/mol. The number of anilines is 1. The predicted molar refractivity (Wildman–Crippen MR) is 142 cm³/mol. The van der Waals surface area contributed by atoms with Crippen LogP contribution in [0.25, 0.3) is 0 Å². The minimum absolute atomic E-state index is 0.0588. The maximum atomic E-state index is 13.2. The summed E-state index contributed by atoms with van der Waals surface area (Å²) in [5.74, 6) is 0.825. The standard InChI is InChI=1S/C28H36N2O4S/c1-5-21(3)9-7-8-10-22(4)11-12-23(6-2)24-15-17-30(18-16-24)35(32,33)25-13-14-27-26(19-25)29-28(31)20-34-27/h5-14,19,22,24H,15-18,20H2,1-4H3,(H,29,31)/b9-7-,10-8+,12-11-,21-5+,23-6+. The predicted octanol–water partition coefficient (Wildman–Crippen LogP) is 5.64. The zero-order valence-corrected chi connectivity index (χ0v) is 21.8. The van der Waals surface area contributed by atoms with Gasteiger partial charge in [0.05, 0.1) is 10.6 Å². The molecule has 2 heterocycles. The molecule has 1 aromatic rings. The molecule has 1 aromatic carbocycles. The second-order valence-corrected chi connectivity index (χ2v) is 10.9. The molecule has 2 aliphatic heterocycles. The quantitative estimate of drug-likeness (QED) is 0.473. The third-order valence-corrected chi connectivity index (χ3v) is 8.31. The van der Waals surface area contributed by atoms with Crippen molar-refractivity contribution in [2.75, 3.05) is 25.0 Å². The molecular formula is C28H36N2O4S. The van der Waals surface area contributed by atoms with Crippen LogP contribution < -0.4 is 10.1 Å². The van der Waals surface area contributed by atoms with E-state index in [9.17, 15) is 13.2 Å². The second-order valence-electron chi connectivity index (χ2n) is 8.96. The van der Waals surface area contributed by atoms with Crippen LogP contribution in [-0.4, -0.2) is 38.3 Å². The largest absolute Gasteiger partial charge is 0.482 e. The summed E-state index contributed by atoms with van der Waals surface area (Å²) in [5, 5.41) is 2.68. The van der Waals surface area contributed by atoms with E-state index >= 15 is 0 Å². The number of carbonyl (C=O) groups is 1. The molecule has 188 valence electrons. The molecule has 1 N–H and O–H groups in total. The van der Waals surface area contributed by atoms with Crippen molar-refractivity contribution in [1.29, 1.82) is 0 Å². The van der Waals surface area contributed by atoms with Gasteiger partial charge in [0.15, 0.2) is 6.61 Å². The number of allylic oxidation sites excluding steroid dienone is 10. The molecule has 0 saturated carbocycles. The molecule has 35 heavy (non-hydrogen) atoms. The number of piperidine rings is 1. The van der Waals surface area contributed by atoms with Crippen LogP contribution >= 0.6 is 0 Å². The summed E-state index contributed by atoms with van der Waals surface area (Å²) in [7, 11) is -3.65. The van der Waals surface area contributed by atoms with Gasteiger partial charge in [-0.15, -0.1) is 0 Å². The smallest absolute Gasteiger partial charge is 0.262 e. The Hall–Kier alpha value is -2.90. The second kappa shape index (κ2) is 12.2. The van der Waals surface area contributed by atoms with Crippen molar-refractivity contribution in [3.8, 4) is 5.75 Å². The number of hydrogen-bond donors (Lipinski definition) is 1. The van der Waals surface area contributed by atoms with Crippen molar-refractivity contribution in [3.63, 3.8) is 0 Å². The lowest BCUT2D eigenvalue weighted by molar-refractivity contribution is -0.118.